The Morgan fingerprint density at radius 3 is 2.58 bits per heavy atom. The molecular formula is C29H31N3O6. The summed E-state index contributed by atoms with van der Waals surface area (Å²) in [4.78, 5) is 42.6. The minimum atomic E-state index is -0.853. The largest absolute Gasteiger partial charge is 0.496 e. The number of allylic oxidation sites excluding steroid dienone is 3. The monoisotopic (exact) mass is 517 g/mol. The molecule has 2 aliphatic carbocycles. The molecule has 0 spiro atoms. The Bertz CT molecular complexity index is 1340. The molecule has 0 radical (unpaired) electrons. The number of ketones is 1. The lowest BCUT2D eigenvalue weighted by Crippen LogP contribution is -2.37. The van der Waals surface area contributed by atoms with E-state index in [4.69, 9.17) is 9.47 Å². The molecule has 5 rings (SSSR count). The number of Topliss-reactive ketones (excluding diaryl/α,β-unsaturated/α-hetero) is 1. The van der Waals surface area contributed by atoms with E-state index in [1.54, 1.807) is 20.1 Å². The van der Waals surface area contributed by atoms with Gasteiger partial charge in [-0.15, -0.1) is 0 Å². The van der Waals surface area contributed by atoms with E-state index in [1.165, 1.54) is 12.1 Å². The van der Waals surface area contributed by atoms with Gasteiger partial charge >= 0.3 is 11.8 Å². The van der Waals surface area contributed by atoms with Gasteiger partial charge in [-0.25, -0.2) is 4.79 Å². The SMILES string of the molecule is COc1ccccc1C1CC(=O)C2=C(C1)NC(C)=C(C(=O)OC1CCCCC1)C2c1cccc([N+](=O)[O-])n1. The maximum absolute atomic E-state index is 13.8. The first-order valence-electron chi connectivity index (χ1n) is 13.1. The summed E-state index contributed by atoms with van der Waals surface area (Å²) in [5.74, 6) is -1.24. The van der Waals surface area contributed by atoms with Crippen LogP contribution in [0.15, 0.2) is 65.0 Å². The fourth-order valence-electron chi connectivity index (χ4n) is 5.93. The van der Waals surface area contributed by atoms with Crippen LogP contribution in [-0.2, 0) is 14.3 Å². The van der Waals surface area contributed by atoms with Crippen LogP contribution >= 0.6 is 0 Å². The number of para-hydroxylation sites is 1. The molecule has 38 heavy (non-hydrogen) atoms. The van der Waals surface area contributed by atoms with Crippen LogP contribution in [0.5, 0.6) is 5.75 Å². The summed E-state index contributed by atoms with van der Waals surface area (Å²) >= 11 is 0. The first-order valence-corrected chi connectivity index (χ1v) is 13.1. The van der Waals surface area contributed by atoms with Crippen LogP contribution in [0.25, 0.3) is 0 Å². The number of dihydropyridines is 1. The van der Waals surface area contributed by atoms with E-state index in [1.807, 2.05) is 24.3 Å². The fraction of sp³-hybridized carbons (Fsp3) is 0.414. The molecule has 0 amide bonds. The van der Waals surface area contributed by atoms with Crippen LogP contribution in [0.1, 0.15) is 75.0 Å². The number of pyridine rings is 1. The van der Waals surface area contributed by atoms with E-state index in [0.717, 1.165) is 37.7 Å². The number of hydrogen-bond donors (Lipinski definition) is 1. The number of ether oxygens (including phenoxy) is 2. The maximum atomic E-state index is 13.8. The first kappa shape index (κ1) is 25.6. The summed E-state index contributed by atoms with van der Waals surface area (Å²) < 4.78 is 11.5. The van der Waals surface area contributed by atoms with Gasteiger partial charge in [-0.3, -0.25) is 4.79 Å². The zero-order valence-electron chi connectivity index (χ0n) is 21.6. The molecule has 2 aromatic rings. The van der Waals surface area contributed by atoms with E-state index < -0.39 is 16.8 Å². The highest BCUT2D eigenvalue weighted by Crippen LogP contribution is 2.47. The number of methoxy groups -OCH3 is 1. The van der Waals surface area contributed by atoms with E-state index in [0.29, 0.717) is 29.1 Å². The average molecular weight is 518 g/mol. The highest BCUT2D eigenvalue weighted by molar-refractivity contribution is 6.04. The molecule has 1 aromatic carbocycles. The van der Waals surface area contributed by atoms with E-state index in [2.05, 4.69) is 10.3 Å². The Labute approximate surface area is 221 Å². The highest BCUT2D eigenvalue weighted by atomic mass is 16.6. The van der Waals surface area contributed by atoms with Crippen LogP contribution in [-0.4, -0.2) is 34.9 Å². The predicted molar refractivity (Wildman–Crippen MR) is 139 cm³/mol. The molecule has 198 valence electrons. The van der Waals surface area contributed by atoms with Crippen molar-refractivity contribution in [1.29, 1.82) is 0 Å². The molecule has 9 nitrogen and oxygen atoms in total. The molecule has 2 atom stereocenters. The number of nitro groups is 1. The van der Waals surface area contributed by atoms with Crippen molar-refractivity contribution in [3.05, 3.63) is 86.4 Å². The second-order valence-corrected chi connectivity index (χ2v) is 10.1. The summed E-state index contributed by atoms with van der Waals surface area (Å²) in [6.07, 6.45) is 5.30. The molecule has 2 unspecified atom stereocenters. The minimum absolute atomic E-state index is 0.118. The fourth-order valence-corrected chi connectivity index (χ4v) is 5.93. The first-order chi connectivity index (χ1) is 18.4. The Kier molecular flexibility index (Phi) is 7.26. The zero-order valence-corrected chi connectivity index (χ0v) is 21.6. The number of rotatable bonds is 6. The minimum Gasteiger partial charge on any atom is -0.496 e. The zero-order chi connectivity index (χ0) is 26.8. The predicted octanol–water partition coefficient (Wildman–Crippen LogP) is 5.24. The maximum Gasteiger partial charge on any atom is 0.363 e. The molecule has 1 aliphatic heterocycles. The van der Waals surface area contributed by atoms with Crippen LogP contribution in [0.3, 0.4) is 0 Å². The van der Waals surface area contributed by atoms with Gasteiger partial charge < -0.3 is 24.9 Å². The Morgan fingerprint density at radius 2 is 1.84 bits per heavy atom. The van der Waals surface area contributed by atoms with Gasteiger partial charge in [0, 0.05) is 35.4 Å². The molecule has 1 aromatic heterocycles. The highest BCUT2D eigenvalue weighted by Gasteiger charge is 2.44. The topological polar surface area (TPSA) is 121 Å². The summed E-state index contributed by atoms with van der Waals surface area (Å²) in [6, 6.07) is 12.1. The summed E-state index contributed by atoms with van der Waals surface area (Å²) in [6.45, 7) is 1.78. The van der Waals surface area contributed by atoms with Crippen LogP contribution in [0.2, 0.25) is 0 Å². The van der Waals surface area contributed by atoms with Crippen molar-refractivity contribution in [3.8, 4) is 5.75 Å². The summed E-state index contributed by atoms with van der Waals surface area (Å²) in [7, 11) is 1.61. The lowest BCUT2D eigenvalue weighted by Gasteiger charge is -2.36. The molecule has 1 saturated carbocycles. The molecule has 1 N–H and O–H groups in total. The molecule has 0 saturated heterocycles. The molecule has 9 heteroatoms. The average Bonchev–Trinajstić information content (AvgIpc) is 2.92. The Balaban J connectivity index is 1.56. The third-order valence-electron chi connectivity index (χ3n) is 7.69. The normalized spacial score (nSPS) is 22.0. The van der Waals surface area contributed by atoms with Crippen molar-refractivity contribution < 1.29 is 24.0 Å². The van der Waals surface area contributed by atoms with Gasteiger partial charge in [0.05, 0.1) is 18.6 Å². The third-order valence-corrected chi connectivity index (χ3v) is 7.69. The summed E-state index contributed by atoms with van der Waals surface area (Å²) in [5.41, 5.74) is 3.19. The number of aromatic nitrogens is 1. The Hall–Kier alpha value is -4.01. The van der Waals surface area contributed by atoms with Gasteiger partial charge in [0.15, 0.2) is 11.5 Å². The number of carbonyl (C=O) groups is 2. The standard InChI is InChI=1S/C29H31N3O6/c1-17-26(29(34)38-19-9-4-3-5-10-19)28(21-12-8-14-25(31-21)32(35)36)27-22(30-17)15-18(16-23(27)33)20-11-6-7-13-24(20)37-2/h6-8,11-14,18-19,28,30H,3-5,9-10,15-16H2,1-2H3. The van der Waals surface area contributed by atoms with Gasteiger partial charge in [0.1, 0.15) is 11.9 Å². The number of carbonyl (C=O) groups excluding carboxylic acids is 2. The molecule has 3 aliphatic rings. The number of esters is 1. The van der Waals surface area contributed by atoms with Crippen molar-refractivity contribution in [2.45, 2.75) is 69.8 Å². The molecular weight excluding hydrogens is 486 g/mol. The molecule has 2 heterocycles. The van der Waals surface area contributed by atoms with E-state index in [-0.39, 0.29) is 41.3 Å². The van der Waals surface area contributed by atoms with E-state index >= 15 is 0 Å². The number of hydrogen-bond acceptors (Lipinski definition) is 8. The lowest BCUT2D eigenvalue weighted by molar-refractivity contribution is -0.389. The van der Waals surface area contributed by atoms with Crippen LogP contribution in [0, 0.1) is 10.1 Å². The van der Waals surface area contributed by atoms with E-state index in [9.17, 15) is 19.7 Å². The quantitative estimate of drug-likeness (QED) is 0.314. The number of nitrogens with one attached hydrogen (secondary N) is 1. The second kappa shape index (κ2) is 10.8. The van der Waals surface area contributed by atoms with Crippen LogP contribution in [0.4, 0.5) is 5.82 Å². The van der Waals surface area contributed by atoms with Crippen molar-refractivity contribution in [1.82, 2.24) is 10.3 Å². The van der Waals surface area contributed by atoms with Crippen molar-refractivity contribution >= 4 is 17.6 Å². The van der Waals surface area contributed by atoms with Crippen molar-refractivity contribution in [2.24, 2.45) is 0 Å². The van der Waals surface area contributed by atoms with Crippen molar-refractivity contribution in [3.63, 3.8) is 0 Å². The van der Waals surface area contributed by atoms with Gasteiger partial charge in [0.2, 0.25) is 0 Å². The molecule has 0 bridgehead atoms. The summed E-state index contributed by atoms with van der Waals surface area (Å²) in [5, 5.41) is 14.8. The third kappa shape index (κ3) is 4.92. The van der Waals surface area contributed by atoms with Crippen LogP contribution < -0.4 is 10.1 Å². The smallest absolute Gasteiger partial charge is 0.363 e. The molecule has 1 fully saturated rings. The van der Waals surface area contributed by atoms with Gasteiger partial charge in [-0.2, -0.15) is 0 Å². The Morgan fingerprint density at radius 1 is 1.08 bits per heavy atom. The van der Waals surface area contributed by atoms with Gasteiger partial charge in [-0.05, 0) is 72.7 Å². The van der Waals surface area contributed by atoms with Gasteiger partial charge in [-0.1, -0.05) is 24.6 Å². The van der Waals surface area contributed by atoms with Gasteiger partial charge in [0.25, 0.3) is 0 Å². The number of benzene rings is 1. The van der Waals surface area contributed by atoms with Crippen molar-refractivity contribution in [2.75, 3.05) is 7.11 Å². The lowest BCUT2D eigenvalue weighted by atomic mass is 9.72. The second-order valence-electron chi connectivity index (χ2n) is 10.1. The number of nitrogens with zero attached hydrogens (tertiary/aromatic N) is 2.